The van der Waals surface area contributed by atoms with E-state index >= 15 is 0 Å². The first-order valence-corrected chi connectivity index (χ1v) is 51.5. The maximum atomic E-state index is 8.96. The Morgan fingerprint density at radius 3 is 0.993 bits per heavy atom. The van der Waals surface area contributed by atoms with Crippen molar-refractivity contribution < 1.29 is 67.6 Å². The zero-order valence-electron chi connectivity index (χ0n) is 100. The van der Waals surface area contributed by atoms with Crippen molar-refractivity contribution in [3.8, 4) is 67.5 Å². The van der Waals surface area contributed by atoms with Gasteiger partial charge in [0.25, 0.3) is 0 Å². The lowest BCUT2D eigenvalue weighted by Gasteiger charge is -2.20. The zero-order valence-corrected chi connectivity index (χ0v) is 90.3. The number of hydrogen-bond donors (Lipinski definition) is 0. The number of nitrogens with zero attached hydrogens (tertiary/aromatic N) is 12. The molecule has 754 valence electrons. The van der Waals surface area contributed by atoms with Crippen molar-refractivity contribution in [3.05, 3.63) is 358 Å². The first kappa shape index (κ1) is 89.1. The van der Waals surface area contributed by atoms with Gasteiger partial charge in [0.2, 0.25) is 68.4 Å². The Balaban J connectivity index is 0.000000115. The Labute approximate surface area is 891 Å². The van der Waals surface area contributed by atoms with E-state index in [4.69, 9.17) is 45.2 Å². The lowest BCUT2D eigenvalue weighted by Crippen LogP contribution is -2.30. The van der Waals surface area contributed by atoms with E-state index in [1.54, 1.807) is 18.2 Å². The molecular formula is C132H136N12O6+6. The molecule has 18 aromatic heterocycles. The minimum absolute atomic E-state index is 0.00507. The molecule has 6 aromatic carbocycles. The first-order valence-electron chi connectivity index (χ1n) is 56.5. The molecule has 1 atom stereocenters. The van der Waals surface area contributed by atoms with Crippen LogP contribution in [0.1, 0.15) is 203 Å². The predicted molar refractivity (Wildman–Crippen MR) is 607 cm³/mol. The molecule has 24 aromatic rings. The van der Waals surface area contributed by atoms with E-state index < -0.39 is 37.3 Å². The summed E-state index contributed by atoms with van der Waals surface area (Å²) >= 11 is 0. The van der Waals surface area contributed by atoms with Crippen LogP contribution < -0.4 is 27.4 Å². The van der Waals surface area contributed by atoms with Gasteiger partial charge in [0.05, 0.1) is 33.4 Å². The van der Waals surface area contributed by atoms with Crippen LogP contribution in [0.25, 0.3) is 200 Å². The SMILES string of the molecule is CCc1ccc2c(n1)oc1c(-c3cc(C)cc[n+]3C)c(C)ccc12.Cc1cc[n+](C)c(-c2c(C)ccc3c2oc2nc(C(C)(C)C)ccc23)c1.Cc1ccc2c(n1)oc1c(-c3cccc[n+]3C)c(C)ccc12.[2H]C(C)(C)c1ccc2c(n1)oc1c(-c3cc(C)cc[n+]3C)c(C)ccc12.[2H]C([2H])([2H])C([2H])(C)Cc1ccc2c(n1)oc1c(-c3cc(C)cc[n+]3C)c(C)ccc12.[2H]C1([2H])CCCC([2H])([2H])C1([2H])c1ccc2c(n1)oc1c(-c3cccc[n+]3C)c(C)ccc12. The molecule has 0 spiro atoms. The van der Waals surface area contributed by atoms with Gasteiger partial charge in [-0.2, -0.15) is 0 Å². The molecule has 18 heteroatoms. The van der Waals surface area contributed by atoms with Gasteiger partial charge in [0.15, 0.2) is 70.7 Å². The maximum Gasteiger partial charge on any atom is 0.227 e. The van der Waals surface area contributed by atoms with Gasteiger partial charge in [0, 0.05) is 197 Å². The Morgan fingerprint density at radius 2 is 0.633 bits per heavy atom. The van der Waals surface area contributed by atoms with Crippen molar-refractivity contribution in [2.24, 2.45) is 48.2 Å². The number of fused-ring (bicyclic) bond motifs is 18. The van der Waals surface area contributed by atoms with Gasteiger partial charge in [-0.15, -0.1) is 0 Å². The molecule has 0 bridgehead atoms. The highest BCUT2D eigenvalue weighted by molar-refractivity contribution is 6.14. The van der Waals surface area contributed by atoms with Crippen LogP contribution in [0.2, 0.25) is 0 Å². The summed E-state index contributed by atoms with van der Waals surface area (Å²) < 4.78 is 132. The van der Waals surface area contributed by atoms with Crippen LogP contribution in [0.4, 0.5) is 0 Å². The number of benzene rings is 6. The molecule has 18 heterocycles. The summed E-state index contributed by atoms with van der Waals surface area (Å²) in [5.74, 6) is -4.48. The van der Waals surface area contributed by atoms with E-state index in [9.17, 15) is 0 Å². The van der Waals surface area contributed by atoms with Crippen molar-refractivity contribution >= 4 is 132 Å². The highest BCUT2D eigenvalue weighted by atomic mass is 16.4. The van der Waals surface area contributed by atoms with Crippen molar-refractivity contribution in [1.29, 1.82) is 0 Å². The highest BCUT2D eigenvalue weighted by Crippen LogP contribution is 2.46. The van der Waals surface area contributed by atoms with Crippen LogP contribution in [-0.2, 0) is 60.5 Å². The van der Waals surface area contributed by atoms with Gasteiger partial charge >= 0.3 is 0 Å². The van der Waals surface area contributed by atoms with Gasteiger partial charge in [-0.1, -0.05) is 147 Å². The van der Waals surface area contributed by atoms with Gasteiger partial charge in [-0.3, -0.25) is 0 Å². The average Bonchev–Trinajstić information content (AvgIpc) is 1.26. The van der Waals surface area contributed by atoms with Gasteiger partial charge in [-0.25, -0.2) is 57.3 Å². The van der Waals surface area contributed by atoms with Gasteiger partial charge in [0.1, 0.15) is 42.3 Å². The number of rotatable bonds is 11. The van der Waals surface area contributed by atoms with Crippen LogP contribution >= 0.6 is 0 Å². The summed E-state index contributed by atoms with van der Waals surface area (Å²) in [6.07, 6.45) is 9.85. The Kier molecular flexibility index (Phi) is 24.7. The van der Waals surface area contributed by atoms with E-state index in [1.165, 1.54) is 45.9 Å². The third-order valence-electron chi connectivity index (χ3n) is 28.7. The first-order chi connectivity index (χ1) is 75.8. The highest BCUT2D eigenvalue weighted by Gasteiger charge is 2.31. The normalized spacial score (nSPS) is 14.9. The molecule has 0 saturated heterocycles. The van der Waals surface area contributed by atoms with Gasteiger partial charge in [-0.05, 0) is 254 Å². The molecule has 0 radical (unpaired) electrons. The number of pyridine rings is 12. The lowest BCUT2D eigenvalue weighted by atomic mass is 9.86. The largest absolute Gasteiger partial charge is 0.437 e. The summed E-state index contributed by atoms with van der Waals surface area (Å²) in [6, 6.07) is 78.2. The molecule has 150 heavy (non-hydrogen) atoms. The Bertz CT molecular complexity index is 9730. The molecule has 1 saturated carbocycles. The van der Waals surface area contributed by atoms with Crippen LogP contribution in [0.3, 0.4) is 0 Å². The van der Waals surface area contributed by atoms with E-state index in [0.29, 0.717) is 46.2 Å². The minimum Gasteiger partial charge on any atom is -0.437 e. The minimum atomic E-state index is -2.39. The van der Waals surface area contributed by atoms with Crippen LogP contribution in [0.15, 0.2) is 294 Å². The molecule has 1 fully saturated rings. The monoisotopic (exact) mass is 2000 g/mol. The molecule has 0 aliphatic heterocycles. The number of furan rings is 6. The number of aryl methyl sites for hydroxylation is 18. The van der Waals surface area contributed by atoms with Crippen LogP contribution in [-0.4, -0.2) is 29.9 Å². The number of hydrogen-bond acceptors (Lipinski definition) is 12. The molecule has 0 amide bonds. The van der Waals surface area contributed by atoms with Gasteiger partial charge < -0.3 is 26.5 Å². The van der Waals surface area contributed by atoms with Crippen LogP contribution in [0.5, 0.6) is 0 Å². The van der Waals surface area contributed by atoms with Crippen LogP contribution in [0, 0.1) is 82.1 Å². The second-order valence-electron chi connectivity index (χ2n) is 41.5. The van der Waals surface area contributed by atoms with E-state index in [0.717, 1.165) is 212 Å². The maximum absolute atomic E-state index is 8.96. The fraction of sp³-hybridized carbons (Fsp3) is 0.273. The fourth-order valence-corrected chi connectivity index (χ4v) is 20.4. The topological polar surface area (TPSA) is 179 Å². The lowest BCUT2D eigenvalue weighted by molar-refractivity contribution is -0.660. The predicted octanol–water partition coefficient (Wildman–Crippen LogP) is 30.5. The second-order valence-corrected chi connectivity index (χ2v) is 41.5. The smallest absolute Gasteiger partial charge is 0.227 e. The summed E-state index contributed by atoms with van der Waals surface area (Å²) in [6.45, 7) is 34.3. The fourth-order valence-electron chi connectivity index (χ4n) is 20.4. The standard InChI is InChI=1S/C24H25N2O.2C23H25N2O.C22H23N2O.C21H21N2O.C19H17N2O/c1-16-11-12-18-19-13-14-20(17-8-4-3-5-9-17)25-24(19)27-23(18)22(16)21-10-6-7-15-26(21)2;1-14-11-12-25(6)18(13-14)20-15(2)7-8-16-17-9-10-19(23(3,4)5)24-22(17)26-21(16)20;1-14(2)12-17-7-9-19-18-8-6-16(4)21(22(18)26-23(19)24-17)20-13-15(3)10-11-25(20)5;1-13(2)18-9-8-17-16-7-6-15(4)20(21(16)25-22(17)23-18)19-12-14(3)10-11-24(19)5;1-5-15-7-9-17-16-8-6-14(3)19(20(16)24-21(17)22-15)18-12-13(2)10-11-23(18)4;1-12-7-9-14-15-10-8-13(2)20-19(15)22-18(14)17(12)16-6-4-5-11-21(16)3/h6-7,10-15,17H,3-5,8-9H2,1-2H3;7-13H,1-6H3;6-11,13-14H,12H2,1-5H3;6-13H,1-5H3;6-12H,5H2,1-4H3;4-11H,1-3H3/q6*+1/i8D2,9D2,17D;;1D3,14D;13D;;. The molecule has 1 aliphatic carbocycles. The quantitative estimate of drug-likeness (QED) is 0.112. The zero-order chi connectivity index (χ0) is 114. The molecule has 1 aliphatic rings. The molecule has 0 N–H and O–H groups in total. The van der Waals surface area contributed by atoms with Crippen molar-refractivity contribution in [1.82, 2.24) is 29.9 Å². The number of aromatic nitrogens is 12. The van der Waals surface area contributed by atoms with Crippen molar-refractivity contribution in [2.75, 3.05) is 0 Å². The Morgan fingerprint density at radius 1 is 0.327 bits per heavy atom. The summed E-state index contributed by atoms with van der Waals surface area (Å²) in [4.78, 5) is 27.7. The molecule has 1 unspecified atom stereocenters. The van der Waals surface area contributed by atoms with E-state index in [2.05, 4.69) is 336 Å². The average molecular weight is 2000 g/mol. The molecular weight excluding hydrogens is 1850 g/mol. The molecule has 25 rings (SSSR count). The Hall–Kier alpha value is -16.1. The summed E-state index contributed by atoms with van der Waals surface area (Å²) in [5, 5.41) is 12.1. The third kappa shape index (κ3) is 19.8. The van der Waals surface area contributed by atoms with Crippen molar-refractivity contribution in [3.63, 3.8) is 0 Å². The van der Waals surface area contributed by atoms with Crippen molar-refractivity contribution in [2.45, 2.75) is 194 Å². The second kappa shape index (κ2) is 41.6. The molecule has 18 nitrogen and oxygen atoms in total. The van der Waals surface area contributed by atoms with E-state index in [1.807, 2.05) is 125 Å². The third-order valence-corrected chi connectivity index (χ3v) is 28.7. The summed E-state index contributed by atoms with van der Waals surface area (Å²) in [7, 11) is 12.2. The van der Waals surface area contributed by atoms with E-state index in [-0.39, 0.29) is 30.4 Å². The summed E-state index contributed by atoms with van der Waals surface area (Å²) in [5.41, 5.74) is 37.8.